The highest BCUT2D eigenvalue weighted by atomic mass is 32.2. The molecule has 0 atom stereocenters. The maximum Gasteiger partial charge on any atom is 0.00695 e. The van der Waals surface area contributed by atoms with Crippen molar-refractivity contribution in [3.8, 4) is 11.1 Å². The second-order valence-electron chi connectivity index (χ2n) is 3.78. The minimum Gasteiger partial charge on any atom is -0.130 e. The topological polar surface area (TPSA) is 0 Å². The fourth-order valence-corrected chi connectivity index (χ4v) is 2.16. The summed E-state index contributed by atoms with van der Waals surface area (Å²) in [6.07, 6.45) is 3.20. The lowest BCUT2D eigenvalue weighted by Crippen LogP contribution is -1.82. The van der Waals surface area contributed by atoms with Gasteiger partial charge in [0.1, 0.15) is 0 Å². The number of aryl methyl sites for hydroxylation is 1. The SMILES string of the molecule is CCc1cccc(-c2ccc(SC)cc2)c1. The molecule has 0 N–H and O–H groups in total. The molecule has 82 valence electrons. The van der Waals surface area contributed by atoms with Gasteiger partial charge in [0.25, 0.3) is 0 Å². The lowest BCUT2D eigenvalue weighted by atomic mass is 10.0. The van der Waals surface area contributed by atoms with Crippen LogP contribution in [0.25, 0.3) is 11.1 Å². The third kappa shape index (κ3) is 2.48. The first-order valence-corrected chi connectivity index (χ1v) is 6.79. The van der Waals surface area contributed by atoms with Crippen LogP contribution in [0.5, 0.6) is 0 Å². The fraction of sp³-hybridized carbons (Fsp3) is 0.200. The molecule has 0 radical (unpaired) electrons. The van der Waals surface area contributed by atoms with E-state index in [2.05, 4.69) is 61.7 Å². The van der Waals surface area contributed by atoms with Gasteiger partial charge in [-0.2, -0.15) is 0 Å². The van der Waals surface area contributed by atoms with E-state index in [1.807, 2.05) is 0 Å². The van der Waals surface area contributed by atoms with Crippen molar-refractivity contribution in [1.29, 1.82) is 0 Å². The average Bonchev–Trinajstić information content (AvgIpc) is 2.39. The summed E-state index contributed by atoms with van der Waals surface area (Å²) in [6, 6.07) is 17.5. The van der Waals surface area contributed by atoms with Gasteiger partial charge in [-0.15, -0.1) is 11.8 Å². The van der Waals surface area contributed by atoms with Crippen molar-refractivity contribution in [2.24, 2.45) is 0 Å². The summed E-state index contributed by atoms with van der Waals surface area (Å²) < 4.78 is 0. The van der Waals surface area contributed by atoms with Crippen LogP contribution in [0, 0.1) is 0 Å². The van der Waals surface area contributed by atoms with Gasteiger partial charge in [-0.3, -0.25) is 0 Å². The second kappa shape index (κ2) is 5.22. The van der Waals surface area contributed by atoms with Crippen LogP contribution in [-0.4, -0.2) is 6.26 Å². The van der Waals surface area contributed by atoms with Gasteiger partial charge in [0.2, 0.25) is 0 Å². The van der Waals surface area contributed by atoms with Crippen LogP contribution in [0.3, 0.4) is 0 Å². The predicted molar refractivity (Wildman–Crippen MR) is 73.0 cm³/mol. The van der Waals surface area contributed by atoms with E-state index in [0.717, 1.165) is 6.42 Å². The zero-order valence-corrected chi connectivity index (χ0v) is 10.6. The summed E-state index contributed by atoms with van der Waals surface area (Å²) in [5, 5.41) is 0. The summed E-state index contributed by atoms with van der Waals surface area (Å²) in [6.45, 7) is 2.19. The molecule has 16 heavy (non-hydrogen) atoms. The lowest BCUT2D eigenvalue weighted by molar-refractivity contribution is 1.14. The maximum absolute atomic E-state index is 2.27. The summed E-state index contributed by atoms with van der Waals surface area (Å²) in [4.78, 5) is 1.32. The first-order chi connectivity index (χ1) is 7.83. The normalized spacial score (nSPS) is 10.4. The first-order valence-electron chi connectivity index (χ1n) is 5.57. The van der Waals surface area contributed by atoms with Gasteiger partial charge in [0, 0.05) is 4.90 Å². The third-order valence-corrected chi connectivity index (χ3v) is 3.50. The zero-order valence-electron chi connectivity index (χ0n) is 9.73. The zero-order chi connectivity index (χ0) is 11.4. The molecule has 2 aromatic carbocycles. The van der Waals surface area contributed by atoms with Crippen molar-refractivity contribution in [3.63, 3.8) is 0 Å². The standard InChI is InChI=1S/C15H16S/c1-3-12-5-4-6-14(11-12)13-7-9-15(16-2)10-8-13/h4-11H,3H2,1-2H3. The minimum absolute atomic E-state index is 1.09. The highest BCUT2D eigenvalue weighted by molar-refractivity contribution is 7.98. The Hall–Kier alpha value is -1.21. The van der Waals surface area contributed by atoms with E-state index >= 15 is 0 Å². The molecule has 2 rings (SSSR count). The molecule has 2 aromatic rings. The number of thioether (sulfide) groups is 1. The lowest BCUT2D eigenvalue weighted by Gasteiger charge is -2.05. The van der Waals surface area contributed by atoms with Crippen molar-refractivity contribution in [2.75, 3.05) is 6.26 Å². The third-order valence-electron chi connectivity index (χ3n) is 2.76. The van der Waals surface area contributed by atoms with Crippen LogP contribution >= 0.6 is 11.8 Å². The fourth-order valence-electron chi connectivity index (χ4n) is 1.75. The minimum atomic E-state index is 1.09. The molecular formula is C15H16S. The summed E-state index contributed by atoms with van der Waals surface area (Å²) >= 11 is 1.78. The molecule has 0 nitrogen and oxygen atoms in total. The van der Waals surface area contributed by atoms with E-state index in [-0.39, 0.29) is 0 Å². The second-order valence-corrected chi connectivity index (χ2v) is 4.66. The van der Waals surface area contributed by atoms with Crippen LogP contribution < -0.4 is 0 Å². The van der Waals surface area contributed by atoms with Gasteiger partial charge in [0.15, 0.2) is 0 Å². The van der Waals surface area contributed by atoms with E-state index in [4.69, 9.17) is 0 Å². The van der Waals surface area contributed by atoms with Crippen LogP contribution in [0.2, 0.25) is 0 Å². The monoisotopic (exact) mass is 228 g/mol. The van der Waals surface area contributed by atoms with Crippen molar-refractivity contribution in [3.05, 3.63) is 54.1 Å². The number of benzene rings is 2. The molecule has 0 heterocycles. The average molecular weight is 228 g/mol. The first kappa shape index (κ1) is 11.3. The van der Waals surface area contributed by atoms with Crippen molar-refractivity contribution in [2.45, 2.75) is 18.2 Å². The smallest absolute Gasteiger partial charge is 0.00695 e. The van der Waals surface area contributed by atoms with Gasteiger partial charge >= 0.3 is 0 Å². The van der Waals surface area contributed by atoms with Gasteiger partial charge in [-0.05, 0) is 41.5 Å². The number of rotatable bonds is 3. The summed E-state index contributed by atoms with van der Waals surface area (Å²) in [7, 11) is 0. The summed E-state index contributed by atoms with van der Waals surface area (Å²) in [5.74, 6) is 0. The van der Waals surface area contributed by atoms with Crippen molar-refractivity contribution >= 4 is 11.8 Å². The molecule has 0 fully saturated rings. The van der Waals surface area contributed by atoms with Crippen molar-refractivity contribution in [1.82, 2.24) is 0 Å². The van der Waals surface area contributed by atoms with Gasteiger partial charge in [0.05, 0.1) is 0 Å². The molecule has 0 spiro atoms. The van der Waals surface area contributed by atoms with Crippen molar-refractivity contribution < 1.29 is 0 Å². The highest BCUT2D eigenvalue weighted by Crippen LogP contribution is 2.23. The molecule has 0 amide bonds. The molecule has 0 aliphatic rings. The molecule has 1 heteroatoms. The molecule has 0 aliphatic heterocycles. The van der Waals surface area contributed by atoms with Gasteiger partial charge in [-0.1, -0.05) is 43.3 Å². The highest BCUT2D eigenvalue weighted by Gasteiger charge is 1.98. The molecule has 0 saturated carbocycles. The Kier molecular flexibility index (Phi) is 3.68. The molecule has 0 aliphatic carbocycles. The molecule has 0 unspecified atom stereocenters. The number of hydrogen-bond acceptors (Lipinski definition) is 1. The van der Waals surface area contributed by atoms with Crippen LogP contribution in [0.15, 0.2) is 53.4 Å². The largest absolute Gasteiger partial charge is 0.130 e. The molecule has 0 saturated heterocycles. The molecular weight excluding hydrogens is 212 g/mol. The van der Waals surface area contributed by atoms with Gasteiger partial charge < -0.3 is 0 Å². The summed E-state index contributed by atoms with van der Waals surface area (Å²) in [5.41, 5.74) is 4.01. The van der Waals surface area contributed by atoms with E-state index in [0.29, 0.717) is 0 Å². The van der Waals surface area contributed by atoms with E-state index in [9.17, 15) is 0 Å². The van der Waals surface area contributed by atoms with Crippen LogP contribution in [0.4, 0.5) is 0 Å². The number of hydrogen-bond donors (Lipinski definition) is 0. The van der Waals surface area contributed by atoms with E-state index < -0.39 is 0 Å². The van der Waals surface area contributed by atoms with E-state index in [1.165, 1.54) is 21.6 Å². The van der Waals surface area contributed by atoms with E-state index in [1.54, 1.807) is 11.8 Å². The Morgan fingerprint density at radius 3 is 2.31 bits per heavy atom. The Bertz CT molecular complexity index is 457. The quantitative estimate of drug-likeness (QED) is 0.690. The Labute approximate surface area is 102 Å². The molecule has 0 aromatic heterocycles. The predicted octanol–water partition coefficient (Wildman–Crippen LogP) is 4.64. The Balaban J connectivity index is 2.34. The Morgan fingerprint density at radius 1 is 0.938 bits per heavy atom. The maximum atomic E-state index is 2.27. The molecule has 0 bridgehead atoms. The Morgan fingerprint density at radius 2 is 1.69 bits per heavy atom. The van der Waals surface area contributed by atoms with Crippen LogP contribution in [0.1, 0.15) is 12.5 Å². The van der Waals surface area contributed by atoms with Crippen LogP contribution in [-0.2, 0) is 6.42 Å². The van der Waals surface area contributed by atoms with Gasteiger partial charge in [-0.25, -0.2) is 0 Å².